The SMILES string of the molecule is COC(=O)CCCCCCCCCCC1CCCCC1=O. The molecule has 0 bridgehead atoms. The molecule has 1 unspecified atom stereocenters. The second-order valence-corrected chi connectivity index (χ2v) is 6.35. The van der Waals surface area contributed by atoms with Crippen molar-refractivity contribution in [2.24, 2.45) is 5.92 Å². The van der Waals surface area contributed by atoms with Crippen LogP contribution in [0.2, 0.25) is 0 Å². The number of unbranched alkanes of at least 4 members (excludes halogenated alkanes) is 7. The Hall–Kier alpha value is -0.860. The van der Waals surface area contributed by atoms with E-state index in [1.807, 2.05) is 0 Å². The Labute approximate surface area is 129 Å². The number of carbonyl (C=O) groups excluding carboxylic acids is 2. The quantitative estimate of drug-likeness (QED) is 0.405. The van der Waals surface area contributed by atoms with Crippen molar-refractivity contribution in [3.8, 4) is 0 Å². The van der Waals surface area contributed by atoms with Crippen LogP contribution in [0.25, 0.3) is 0 Å². The van der Waals surface area contributed by atoms with Crippen LogP contribution < -0.4 is 0 Å². The van der Waals surface area contributed by atoms with E-state index in [2.05, 4.69) is 4.74 Å². The van der Waals surface area contributed by atoms with Gasteiger partial charge in [0.2, 0.25) is 0 Å². The number of Topliss-reactive ketones (excluding diaryl/α,β-unsaturated/α-hetero) is 1. The summed E-state index contributed by atoms with van der Waals surface area (Å²) in [7, 11) is 1.45. The van der Waals surface area contributed by atoms with E-state index in [9.17, 15) is 9.59 Å². The van der Waals surface area contributed by atoms with Gasteiger partial charge in [-0.25, -0.2) is 0 Å². The van der Waals surface area contributed by atoms with Crippen LogP contribution >= 0.6 is 0 Å². The van der Waals surface area contributed by atoms with Gasteiger partial charge >= 0.3 is 5.97 Å². The minimum Gasteiger partial charge on any atom is -0.469 e. The van der Waals surface area contributed by atoms with Crippen LogP contribution in [0.3, 0.4) is 0 Å². The smallest absolute Gasteiger partial charge is 0.305 e. The van der Waals surface area contributed by atoms with Crippen LogP contribution in [-0.4, -0.2) is 18.9 Å². The molecule has 0 radical (unpaired) electrons. The van der Waals surface area contributed by atoms with Crippen molar-refractivity contribution in [2.75, 3.05) is 7.11 Å². The van der Waals surface area contributed by atoms with Crippen LogP contribution in [-0.2, 0) is 14.3 Å². The Balaban J connectivity index is 1.82. The summed E-state index contributed by atoms with van der Waals surface area (Å²) >= 11 is 0. The molecular formula is C18H32O3. The van der Waals surface area contributed by atoms with E-state index < -0.39 is 0 Å². The Morgan fingerprint density at radius 1 is 1.00 bits per heavy atom. The molecule has 0 aromatic heterocycles. The highest BCUT2D eigenvalue weighted by Crippen LogP contribution is 2.25. The molecule has 1 aliphatic rings. The molecule has 21 heavy (non-hydrogen) atoms. The number of esters is 1. The minimum atomic E-state index is -0.0905. The second-order valence-electron chi connectivity index (χ2n) is 6.35. The first-order valence-corrected chi connectivity index (χ1v) is 8.83. The average molecular weight is 296 g/mol. The molecule has 1 atom stereocenters. The van der Waals surface area contributed by atoms with Gasteiger partial charge in [0.1, 0.15) is 5.78 Å². The molecule has 122 valence electrons. The monoisotopic (exact) mass is 296 g/mol. The van der Waals surface area contributed by atoms with Crippen molar-refractivity contribution in [3.63, 3.8) is 0 Å². The maximum Gasteiger partial charge on any atom is 0.305 e. The first-order chi connectivity index (χ1) is 10.2. The standard InChI is InChI=1S/C18H32O3/c1-21-18(20)15-9-7-5-3-2-4-6-8-12-16-13-10-11-14-17(16)19/h16H,2-15H2,1H3. The molecule has 0 saturated heterocycles. The summed E-state index contributed by atoms with van der Waals surface area (Å²) in [5, 5.41) is 0. The van der Waals surface area contributed by atoms with Crippen LogP contribution in [0.4, 0.5) is 0 Å². The van der Waals surface area contributed by atoms with Crippen LogP contribution in [0.1, 0.15) is 89.9 Å². The van der Waals surface area contributed by atoms with Gasteiger partial charge < -0.3 is 4.74 Å². The normalized spacial score (nSPS) is 18.7. The third kappa shape index (κ3) is 8.90. The third-order valence-electron chi connectivity index (χ3n) is 4.59. The predicted octanol–water partition coefficient (Wildman–Crippen LogP) is 4.82. The Morgan fingerprint density at radius 3 is 2.24 bits per heavy atom. The highest BCUT2D eigenvalue weighted by atomic mass is 16.5. The molecule has 0 spiro atoms. The molecule has 1 fully saturated rings. The average Bonchev–Trinajstić information content (AvgIpc) is 2.50. The van der Waals surface area contributed by atoms with Crippen LogP contribution in [0.15, 0.2) is 0 Å². The lowest BCUT2D eigenvalue weighted by Gasteiger charge is -2.20. The number of ketones is 1. The van der Waals surface area contributed by atoms with Crippen molar-refractivity contribution in [2.45, 2.75) is 89.9 Å². The van der Waals surface area contributed by atoms with Gasteiger partial charge in [0.15, 0.2) is 0 Å². The zero-order valence-corrected chi connectivity index (χ0v) is 13.7. The van der Waals surface area contributed by atoms with Gasteiger partial charge in [-0.1, -0.05) is 51.4 Å². The predicted molar refractivity (Wildman–Crippen MR) is 85.2 cm³/mol. The number of methoxy groups -OCH3 is 1. The summed E-state index contributed by atoms with van der Waals surface area (Å²) in [5.74, 6) is 0.816. The van der Waals surface area contributed by atoms with Gasteiger partial charge in [0.05, 0.1) is 7.11 Å². The molecule has 0 heterocycles. The highest BCUT2D eigenvalue weighted by Gasteiger charge is 2.21. The fourth-order valence-electron chi connectivity index (χ4n) is 3.18. The van der Waals surface area contributed by atoms with Gasteiger partial charge in [-0.2, -0.15) is 0 Å². The first kappa shape index (κ1) is 18.2. The van der Waals surface area contributed by atoms with E-state index in [1.54, 1.807) is 0 Å². The number of ether oxygens (including phenoxy) is 1. The zero-order chi connectivity index (χ0) is 15.3. The summed E-state index contributed by atoms with van der Waals surface area (Å²) in [6.45, 7) is 0. The summed E-state index contributed by atoms with van der Waals surface area (Å²) in [4.78, 5) is 22.6. The van der Waals surface area contributed by atoms with Crippen LogP contribution in [0.5, 0.6) is 0 Å². The fraction of sp³-hybridized carbons (Fsp3) is 0.889. The second kappa shape index (κ2) is 11.8. The van der Waals surface area contributed by atoms with Crippen molar-refractivity contribution in [1.82, 2.24) is 0 Å². The minimum absolute atomic E-state index is 0.0905. The van der Waals surface area contributed by atoms with Crippen molar-refractivity contribution < 1.29 is 14.3 Å². The molecule has 0 amide bonds. The molecular weight excluding hydrogens is 264 g/mol. The maximum absolute atomic E-state index is 11.7. The summed E-state index contributed by atoms with van der Waals surface area (Å²) in [6.07, 6.45) is 15.7. The van der Waals surface area contributed by atoms with Gasteiger partial charge in [0.25, 0.3) is 0 Å². The number of hydrogen-bond acceptors (Lipinski definition) is 3. The van der Waals surface area contributed by atoms with Gasteiger partial charge in [-0.15, -0.1) is 0 Å². The molecule has 0 aromatic rings. The van der Waals surface area contributed by atoms with E-state index >= 15 is 0 Å². The molecule has 0 aliphatic heterocycles. The fourth-order valence-corrected chi connectivity index (χ4v) is 3.18. The van der Waals surface area contributed by atoms with Gasteiger partial charge in [-0.3, -0.25) is 9.59 Å². The highest BCUT2D eigenvalue weighted by molar-refractivity contribution is 5.81. The summed E-state index contributed by atoms with van der Waals surface area (Å²) in [5.41, 5.74) is 0. The number of hydrogen-bond donors (Lipinski definition) is 0. The number of carbonyl (C=O) groups is 2. The molecule has 1 rings (SSSR count). The topological polar surface area (TPSA) is 43.4 Å². The van der Waals surface area contributed by atoms with Crippen LogP contribution in [0, 0.1) is 5.92 Å². The summed E-state index contributed by atoms with van der Waals surface area (Å²) < 4.78 is 4.62. The van der Waals surface area contributed by atoms with Crippen molar-refractivity contribution >= 4 is 11.8 Å². The van der Waals surface area contributed by atoms with Gasteiger partial charge in [0, 0.05) is 18.8 Å². The third-order valence-corrected chi connectivity index (χ3v) is 4.59. The molecule has 3 nitrogen and oxygen atoms in total. The summed E-state index contributed by atoms with van der Waals surface area (Å²) in [6, 6.07) is 0. The number of rotatable bonds is 11. The molecule has 1 saturated carbocycles. The molecule has 3 heteroatoms. The Bertz CT molecular complexity index is 299. The maximum atomic E-state index is 11.7. The largest absolute Gasteiger partial charge is 0.469 e. The lowest BCUT2D eigenvalue weighted by atomic mass is 9.84. The lowest BCUT2D eigenvalue weighted by molar-refractivity contribution is -0.140. The van der Waals surface area contributed by atoms with Crippen molar-refractivity contribution in [1.29, 1.82) is 0 Å². The van der Waals surface area contributed by atoms with E-state index in [0.29, 0.717) is 18.1 Å². The van der Waals surface area contributed by atoms with Gasteiger partial charge in [-0.05, 0) is 25.7 Å². The molecule has 0 aromatic carbocycles. The molecule has 1 aliphatic carbocycles. The Morgan fingerprint density at radius 2 is 1.62 bits per heavy atom. The molecule has 0 N–H and O–H groups in total. The van der Waals surface area contributed by atoms with Crippen molar-refractivity contribution in [3.05, 3.63) is 0 Å². The van der Waals surface area contributed by atoms with E-state index in [1.165, 1.54) is 52.1 Å². The van der Waals surface area contributed by atoms with E-state index in [0.717, 1.165) is 38.5 Å². The first-order valence-electron chi connectivity index (χ1n) is 8.83. The van der Waals surface area contributed by atoms with E-state index in [-0.39, 0.29) is 5.97 Å². The lowest BCUT2D eigenvalue weighted by Crippen LogP contribution is -2.18. The zero-order valence-electron chi connectivity index (χ0n) is 13.7. The van der Waals surface area contributed by atoms with E-state index in [4.69, 9.17) is 0 Å². The Kier molecular flexibility index (Phi) is 10.2.